The minimum absolute atomic E-state index is 0.0157. The van der Waals surface area contributed by atoms with Crippen molar-refractivity contribution in [1.29, 1.82) is 0 Å². The molecule has 0 saturated heterocycles. The number of aryl methyl sites for hydroxylation is 2. The molecule has 0 unspecified atom stereocenters. The Bertz CT molecular complexity index is 1090. The molecule has 0 spiro atoms. The van der Waals surface area contributed by atoms with Gasteiger partial charge in [-0.15, -0.1) is 0 Å². The fourth-order valence-corrected chi connectivity index (χ4v) is 3.87. The van der Waals surface area contributed by atoms with Crippen LogP contribution in [0.2, 0.25) is 0 Å². The summed E-state index contributed by atoms with van der Waals surface area (Å²) in [6.45, 7) is 6.19. The molecule has 5 nitrogen and oxygen atoms in total. The lowest BCUT2D eigenvalue weighted by molar-refractivity contribution is -0.138. The maximum Gasteiger partial charge on any atom is 0.419 e. The molecule has 158 valence electrons. The van der Waals surface area contributed by atoms with E-state index < -0.39 is 11.7 Å². The lowest BCUT2D eigenvalue weighted by atomic mass is 10.0. The quantitative estimate of drug-likeness (QED) is 0.599. The molecule has 3 aromatic rings. The fourth-order valence-electron chi connectivity index (χ4n) is 3.87. The summed E-state index contributed by atoms with van der Waals surface area (Å²) in [5, 5.41) is 4.79. The average Bonchev–Trinajstić information content (AvgIpc) is 3.04. The largest absolute Gasteiger partial charge is 0.496 e. The summed E-state index contributed by atoms with van der Waals surface area (Å²) >= 11 is 0. The van der Waals surface area contributed by atoms with Gasteiger partial charge in [-0.3, -0.25) is 4.98 Å². The highest BCUT2D eigenvalue weighted by atomic mass is 19.4. The maximum atomic E-state index is 13.3. The molecule has 3 heterocycles. The molecule has 0 amide bonds. The summed E-state index contributed by atoms with van der Waals surface area (Å²) in [5.74, 6) is -0.235. The van der Waals surface area contributed by atoms with Gasteiger partial charge in [0.2, 0.25) is 0 Å². The number of hydrogen-bond acceptors (Lipinski definition) is 4. The van der Waals surface area contributed by atoms with Crippen molar-refractivity contribution in [3.8, 4) is 22.7 Å². The first-order valence-electron chi connectivity index (χ1n) is 9.61. The molecule has 0 bridgehead atoms. The van der Waals surface area contributed by atoms with E-state index in [-0.39, 0.29) is 11.9 Å². The van der Waals surface area contributed by atoms with Gasteiger partial charge in [-0.05, 0) is 45.0 Å². The molecule has 0 N–H and O–H groups in total. The molecule has 1 aliphatic rings. The SMILES string of the molecule is COc1cc(-n2nc(-c3cc(C)nc(C)c3)c3c2C[C@@H](C)OC3)ccc1C(F)(F)F. The monoisotopic (exact) mass is 417 g/mol. The number of ether oxygens (including phenoxy) is 2. The molecule has 1 aromatic carbocycles. The molecule has 2 aromatic heterocycles. The van der Waals surface area contributed by atoms with Crippen LogP contribution in [0, 0.1) is 13.8 Å². The second-order valence-corrected chi connectivity index (χ2v) is 7.53. The van der Waals surface area contributed by atoms with Crippen LogP contribution in [-0.4, -0.2) is 28.0 Å². The number of nitrogens with zero attached hydrogens (tertiary/aromatic N) is 3. The van der Waals surface area contributed by atoms with E-state index in [4.69, 9.17) is 14.6 Å². The van der Waals surface area contributed by atoms with Crippen molar-refractivity contribution in [3.05, 3.63) is 58.5 Å². The summed E-state index contributed by atoms with van der Waals surface area (Å²) < 4.78 is 52.4. The van der Waals surface area contributed by atoms with Gasteiger partial charge in [-0.2, -0.15) is 18.3 Å². The summed E-state index contributed by atoms with van der Waals surface area (Å²) in [5.41, 5.74) is 4.97. The highest BCUT2D eigenvalue weighted by molar-refractivity contribution is 5.66. The third kappa shape index (κ3) is 3.67. The van der Waals surface area contributed by atoms with Crippen molar-refractivity contribution in [2.45, 2.75) is 46.1 Å². The third-order valence-electron chi connectivity index (χ3n) is 5.17. The maximum absolute atomic E-state index is 13.3. The molecule has 0 radical (unpaired) electrons. The first-order valence-corrected chi connectivity index (χ1v) is 9.61. The van der Waals surface area contributed by atoms with Crippen molar-refractivity contribution >= 4 is 0 Å². The van der Waals surface area contributed by atoms with Gasteiger partial charge in [-0.1, -0.05) is 0 Å². The number of rotatable bonds is 3. The van der Waals surface area contributed by atoms with E-state index in [2.05, 4.69) is 4.98 Å². The first-order chi connectivity index (χ1) is 14.2. The number of pyridine rings is 1. The van der Waals surface area contributed by atoms with E-state index >= 15 is 0 Å². The predicted octanol–water partition coefficient (Wildman–Crippen LogP) is 5.04. The van der Waals surface area contributed by atoms with Gasteiger partial charge in [0.1, 0.15) is 5.75 Å². The van der Waals surface area contributed by atoms with Crippen molar-refractivity contribution in [3.63, 3.8) is 0 Å². The predicted molar refractivity (Wildman–Crippen MR) is 106 cm³/mol. The van der Waals surface area contributed by atoms with Crippen LogP contribution >= 0.6 is 0 Å². The molecule has 4 rings (SSSR count). The normalized spacial score (nSPS) is 16.4. The summed E-state index contributed by atoms with van der Waals surface area (Å²) in [6, 6.07) is 7.73. The van der Waals surface area contributed by atoms with Gasteiger partial charge < -0.3 is 9.47 Å². The van der Waals surface area contributed by atoms with Crippen LogP contribution in [0.5, 0.6) is 5.75 Å². The number of halogens is 3. The summed E-state index contributed by atoms with van der Waals surface area (Å²) in [4.78, 5) is 4.42. The van der Waals surface area contributed by atoms with Gasteiger partial charge in [0.25, 0.3) is 0 Å². The highest BCUT2D eigenvalue weighted by Gasteiger charge is 2.35. The Kier molecular flexibility index (Phi) is 5.05. The Hall–Kier alpha value is -2.87. The van der Waals surface area contributed by atoms with Gasteiger partial charge in [0.15, 0.2) is 0 Å². The van der Waals surface area contributed by atoms with Gasteiger partial charge >= 0.3 is 6.18 Å². The Morgan fingerprint density at radius 2 is 1.83 bits per heavy atom. The lowest BCUT2D eigenvalue weighted by Crippen LogP contribution is -2.21. The molecule has 0 aliphatic carbocycles. The van der Waals surface area contributed by atoms with Crippen LogP contribution in [0.3, 0.4) is 0 Å². The second-order valence-electron chi connectivity index (χ2n) is 7.53. The van der Waals surface area contributed by atoms with Crippen molar-refractivity contribution in [2.24, 2.45) is 0 Å². The topological polar surface area (TPSA) is 49.2 Å². The van der Waals surface area contributed by atoms with Crippen molar-refractivity contribution in [2.75, 3.05) is 7.11 Å². The number of alkyl halides is 3. The van der Waals surface area contributed by atoms with E-state index in [1.165, 1.54) is 19.2 Å². The molecular weight excluding hydrogens is 395 g/mol. The number of hydrogen-bond donors (Lipinski definition) is 0. The van der Waals surface area contributed by atoms with Crippen LogP contribution in [0.25, 0.3) is 16.9 Å². The minimum atomic E-state index is -4.49. The number of benzene rings is 1. The molecule has 8 heteroatoms. The van der Waals surface area contributed by atoms with Gasteiger partial charge in [-0.25, -0.2) is 4.68 Å². The van der Waals surface area contributed by atoms with E-state index in [1.807, 2.05) is 32.9 Å². The zero-order valence-electron chi connectivity index (χ0n) is 17.2. The second kappa shape index (κ2) is 7.43. The van der Waals surface area contributed by atoms with E-state index in [1.54, 1.807) is 4.68 Å². The summed E-state index contributed by atoms with van der Waals surface area (Å²) in [6.07, 6.45) is -3.90. The van der Waals surface area contributed by atoms with E-state index in [0.29, 0.717) is 18.7 Å². The smallest absolute Gasteiger partial charge is 0.419 e. The number of methoxy groups -OCH3 is 1. The molecule has 0 fully saturated rings. The lowest BCUT2D eigenvalue weighted by Gasteiger charge is -2.21. The van der Waals surface area contributed by atoms with Gasteiger partial charge in [0, 0.05) is 35.0 Å². The summed E-state index contributed by atoms with van der Waals surface area (Å²) in [7, 11) is 1.23. The molecule has 1 atom stereocenters. The van der Waals surface area contributed by atoms with Crippen molar-refractivity contribution in [1.82, 2.24) is 14.8 Å². The Morgan fingerprint density at radius 1 is 1.13 bits per heavy atom. The molecule has 30 heavy (non-hydrogen) atoms. The molecular formula is C22H22F3N3O2. The molecule has 1 aliphatic heterocycles. The Balaban J connectivity index is 1.90. The zero-order chi connectivity index (χ0) is 21.6. The fraction of sp³-hybridized carbons (Fsp3) is 0.364. The standard InChI is InChI=1S/C22H22F3N3O2/c1-12-7-15(8-13(2)26-12)21-17-11-30-14(3)9-19(17)28(27-21)16-5-6-18(22(23,24)25)20(10-16)29-4/h5-8,10,14H,9,11H2,1-4H3/t14-/m1/s1. The minimum Gasteiger partial charge on any atom is -0.496 e. The highest BCUT2D eigenvalue weighted by Crippen LogP contribution is 2.38. The van der Waals surface area contributed by atoms with Crippen LogP contribution in [-0.2, 0) is 23.9 Å². The third-order valence-corrected chi connectivity index (χ3v) is 5.17. The van der Waals surface area contributed by atoms with Gasteiger partial charge in [0.05, 0.1) is 42.5 Å². The van der Waals surface area contributed by atoms with Crippen molar-refractivity contribution < 1.29 is 22.6 Å². The number of aromatic nitrogens is 3. The van der Waals surface area contributed by atoms with Crippen LogP contribution in [0.4, 0.5) is 13.2 Å². The number of fused-ring (bicyclic) bond motifs is 1. The Morgan fingerprint density at radius 3 is 2.47 bits per heavy atom. The first kappa shape index (κ1) is 20.4. The Labute approximate surface area is 172 Å². The molecule has 0 saturated carbocycles. The van der Waals surface area contributed by atoms with E-state index in [0.717, 1.165) is 40.0 Å². The van der Waals surface area contributed by atoms with Crippen LogP contribution in [0.1, 0.15) is 35.1 Å². The van der Waals surface area contributed by atoms with Crippen LogP contribution in [0.15, 0.2) is 30.3 Å². The van der Waals surface area contributed by atoms with Crippen LogP contribution < -0.4 is 4.74 Å². The zero-order valence-corrected chi connectivity index (χ0v) is 17.2. The van der Waals surface area contributed by atoms with E-state index in [9.17, 15) is 13.2 Å². The average molecular weight is 417 g/mol.